The zero-order chi connectivity index (χ0) is 20.4. The van der Waals surface area contributed by atoms with Gasteiger partial charge in [-0.05, 0) is 42.5 Å². The molecule has 1 fully saturated rings. The molecule has 0 spiro atoms. The molecular weight excluding hydrogens is 364 g/mol. The van der Waals surface area contributed by atoms with Crippen molar-refractivity contribution in [2.75, 3.05) is 18.5 Å². The van der Waals surface area contributed by atoms with Gasteiger partial charge in [0.1, 0.15) is 6.61 Å². The van der Waals surface area contributed by atoms with Crippen LogP contribution in [-0.4, -0.2) is 24.3 Å². The van der Waals surface area contributed by atoms with E-state index < -0.39 is 6.09 Å². The summed E-state index contributed by atoms with van der Waals surface area (Å²) >= 11 is 0. The second kappa shape index (κ2) is 7.99. The van der Waals surface area contributed by atoms with E-state index in [2.05, 4.69) is 43.2 Å². The minimum atomic E-state index is -0.429. The van der Waals surface area contributed by atoms with Crippen LogP contribution < -0.4 is 5.32 Å². The molecule has 0 radical (unpaired) electrons. The van der Waals surface area contributed by atoms with Gasteiger partial charge in [-0.3, -0.25) is 10.3 Å². The first-order valence-electron chi connectivity index (χ1n) is 10.2. The number of carbonyl (C=O) groups excluding carboxylic acids is 1. The van der Waals surface area contributed by atoms with E-state index in [-0.39, 0.29) is 23.4 Å². The Morgan fingerprint density at radius 2 is 2.03 bits per heavy atom. The van der Waals surface area contributed by atoms with Crippen molar-refractivity contribution in [3.8, 4) is 0 Å². The third-order valence-corrected chi connectivity index (χ3v) is 6.75. The predicted octanol–water partition coefficient (Wildman–Crippen LogP) is 5.24. The van der Waals surface area contributed by atoms with Crippen LogP contribution in [0.4, 0.5) is 10.5 Å². The first kappa shape index (κ1) is 19.6. The Bertz CT molecular complexity index is 884. The van der Waals surface area contributed by atoms with Crippen molar-refractivity contribution >= 4 is 11.8 Å². The summed E-state index contributed by atoms with van der Waals surface area (Å²) in [6, 6.07) is 13.4. The molecule has 5 heteroatoms. The SMILES string of the molecule is CC1=C[C@H](C)[C@@]2(COC(=O)Nc3ccccc3)CO[C@H](c3cccnc3)[C@H]1[C@H]2C. The molecular formula is C24H28N2O3. The molecule has 1 amide bonds. The van der Waals surface area contributed by atoms with Gasteiger partial charge in [0.15, 0.2) is 0 Å². The van der Waals surface area contributed by atoms with Gasteiger partial charge in [0.25, 0.3) is 0 Å². The third kappa shape index (κ3) is 3.67. The number of hydrogen-bond acceptors (Lipinski definition) is 4. The van der Waals surface area contributed by atoms with Crippen LogP contribution in [0.2, 0.25) is 0 Å². The maximum absolute atomic E-state index is 12.4. The average molecular weight is 392 g/mol. The van der Waals surface area contributed by atoms with Gasteiger partial charge in [0, 0.05) is 29.4 Å². The number of aromatic nitrogens is 1. The molecule has 5 nitrogen and oxygen atoms in total. The van der Waals surface area contributed by atoms with Crippen molar-refractivity contribution in [3.63, 3.8) is 0 Å². The highest BCUT2D eigenvalue weighted by atomic mass is 16.6. The Hall–Kier alpha value is -2.66. The number of benzene rings is 1. The zero-order valence-corrected chi connectivity index (χ0v) is 17.2. The number of ether oxygens (including phenoxy) is 2. The van der Waals surface area contributed by atoms with Crippen molar-refractivity contribution in [1.29, 1.82) is 0 Å². The summed E-state index contributed by atoms with van der Waals surface area (Å²) in [6.07, 6.45) is 5.55. The first-order chi connectivity index (χ1) is 14.0. The molecule has 5 atom stereocenters. The number of nitrogens with zero attached hydrogens (tertiary/aromatic N) is 1. The molecule has 2 aliphatic rings. The minimum Gasteiger partial charge on any atom is -0.449 e. The van der Waals surface area contributed by atoms with Crippen molar-refractivity contribution < 1.29 is 14.3 Å². The summed E-state index contributed by atoms with van der Waals surface area (Å²) in [5, 5.41) is 2.80. The molecule has 2 heterocycles. The molecule has 2 bridgehead atoms. The van der Waals surface area contributed by atoms with Crippen LogP contribution in [0.1, 0.15) is 32.4 Å². The highest BCUT2D eigenvalue weighted by Gasteiger charge is 2.54. The lowest BCUT2D eigenvalue weighted by atomic mass is 9.56. The summed E-state index contributed by atoms with van der Waals surface area (Å²) in [6.45, 7) is 7.52. The van der Waals surface area contributed by atoms with Gasteiger partial charge in [-0.15, -0.1) is 0 Å². The summed E-state index contributed by atoms with van der Waals surface area (Å²) in [7, 11) is 0. The number of carbonyl (C=O) groups is 1. The lowest BCUT2D eigenvalue weighted by Gasteiger charge is -2.55. The zero-order valence-electron chi connectivity index (χ0n) is 17.2. The molecule has 1 aliphatic heterocycles. The van der Waals surface area contributed by atoms with E-state index in [4.69, 9.17) is 9.47 Å². The van der Waals surface area contributed by atoms with E-state index in [9.17, 15) is 4.79 Å². The molecule has 4 rings (SSSR count). The average Bonchev–Trinajstić information content (AvgIpc) is 2.73. The van der Waals surface area contributed by atoms with Crippen LogP contribution in [0.15, 0.2) is 66.5 Å². The molecule has 1 aromatic heterocycles. The standard InChI is InChI=1S/C24H28N2O3/c1-16-12-17(2)24(15-29-23(27)26-20-9-5-4-6-10-20)14-28-22(21(16)18(24)3)19-8-7-11-25-13-19/h4-13,17-18,21-22H,14-15H2,1-3H3,(H,26,27)/t17-,18+,21+,22+,24-/m0/s1. The van der Waals surface area contributed by atoms with E-state index in [1.165, 1.54) is 5.57 Å². The normalized spacial score (nSPS) is 30.9. The van der Waals surface area contributed by atoms with Gasteiger partial charge in [-0.2, -0.15) is 0 Å². The highest BCUT2D eigenvalue weighted by molar-refractivity contribution is 5.84. The molecule has 152 valence electrons. The second-order valence-corrected chi connectivity index (χ2v) is 8.33. The Balaban J connectivity index is 1.52. The Kier molecular flexibility index (Phi) is 5.41. The molecule has 1 N–H and O–H groups in total. The van der Waals surface area contributed by atoms with Crippen molar-refractivity contribution in [3.05, 3.63) is 72.1 Å². The second-order valence-electron chi connectivity index (χ2n) is 8.33. The number of amides is 1. The molecule has 1 aliphatic carbocycles. The van der Waals surface area contributed by atoms with E-state index >= 15 is 0 Å². The monoisotopic (exact) mass is 392 g/mol. The molecule has 1 aromatic carbocycles. The van der Waals surface area contributed by atoms with Crippen LogP contribution in [0, 0.1) is 23.2 Å². The van der Waals surface area contributed by atoms with Crippen LogP contribution in [0.5, 0.6) is 0 Å². The lowest BCUT2D eigenvalue weighted by molar-refractivity contribution is -0.165. The number of hydrogen-bond donors (Lipinski definition) is 1. The van der Waals surface area contributed by atoms with Crippen LogP contribution in [-0.2, 0) is 9.47 Å². The van der Waals surface area contributed by atoms with Gasteiger partial charge in [-0.25, -0.2) is 4.79 Å². The number of rotatable bonds is 4. The van der Waals surface area contributed by atoms with Crippen LogP contribution in [0.3, 0.4) is 0 Å². The Morgan fingerprint density at radius 1 is 1.24 bits per heavy atom. The third-order valence-electron chi connectivity index (χ3n) is 6.75. The van der Waals surface area contributed by atoms with Crippen molar-refractivity contribution in [2.45, 2.75) is 26.9 Å². The van der Waals surface area contributed by atoms with E-state index in [1.807, 2.05) is 42.6 Å². The number of fused-ring (bicyclic) bond motifs is 2. The smallest absolute Gasteiger partial charge is 0.411 e. The number of anilines is 1. The lowest BCUT2D eigenvalue weighted by Crippen LogP contribution is -2.54. The molecule has 2 aromatic rings. The fourth-order valence-electron chi connectivity index (χ4n) is 4.98. The fourth-order valence-corrected chi connectivity index (χ4v) is 4.98. The van der Waals surface area contributed by atoms with E-state index in [0.29, 0.717) is 19.1 Å². The first-order valence-corrected chi connectivity index (χ1v) is 10.2. The number of nitrogens with one attached hydrogen (secondary N) is 1. The van der Waals surface area contributed by atoms with Gasteiger partial charge in [0.05, 0.1) is 12.7 Å². The maximum atomic E-state index is 12.4. The molecule has 0 unspecified atom stereocenters. The van der Waals surface area contributed by atoms with Gasteiger partial charge in [-0.1, -0.05) is 49.8 Å². The van der Waals surface area contributed by atoms with Crippen molar-refractivity contribution in [1.82, 2.24) is 4.98 Å². The van der Waals surface area contributed by atoms with Crippen molar-refractivity contribution in [2.24, 2.45) is 23.2 Å². The maximum Gasteiger partial charge on any atom is 0.411 e. The van der Waals surface area contributed by atoms with Gasteiger partial charge in [0.2, 0.25) is 0 Å². The predicted molar refractivity (Wildman–Crippen MR) is 112 cm³/mol. The summed E-state index contributed by atoms with van der Waals surface area (Å²) < 4.78 is 12.1. The van der Waals surface area contributed by atoms with Crippen LogP contribution >= 0.6 is 0 Å². The fraction of sp³-hybridized carbons (Fsp3) is 0.417. The summed E-state index contributed by atoms with van der Waals surface area (Å²) in [4.78, 5) is 16.6. The number of pyridine rings is 1. The minimum absolute atomic E-state index is 0.0197. The van der Waals surface area contributed by atoms with Gasteiger partial charge < -0.3 is 9.47 Å². The van der Waals surface area contributed by atoms with E-state index in [0.717, 1.165) is 11.3 Å². The van der Waals surface area contributed by atoms with Gasteiger partial charge >= 0.3 is 6.09 Å². The topological polar surface area (TPSA) is 60.5 Å². The Labute approximate surface area is 172 Å². The quantitative estimate of drug-likeness (QED) is 0.723. The molecule has 0 saturated carbocycles. The molecule has 1 saturated heterocycles. The Morgan fingerprint density at radius 3 is 2.76 bits per heavy atom. The van der Waals surface area contributed by atoms with E-state index in [1.54, 1.807) is 6.20 Å². The number of allylic oxidation sites excluding steroid dienone is 1. The molecule has 29 heavy (non-hydrogen) atoms. The summed E-state index contributed by atoms with van der Waals surface area (Å²) in [5.41, 5.74) is 2.92. The highest BCUT2D eigenvalue weighted by Crippen LogP contribution is 2.56. The number of para-hydroxylation sites is 1. The van der Waals surface area contributed by atoms with Crippen LogP contribution in [0.25, 0.3) is 0 Å². The summed E-state index contributed by atoms with van der Waals surface area (Å²) in [5.74, 6) is 0.809. The largest absolute Gasteiger partial charge is 0.449 e.